The summed E-state index contributed by atoms with van der Waals surface area (Å²) in [4.78, 5) is 11.4. The van der Waals surface area contributed by atoms with Gasteiger partial charge in [0.15, 0.2) is 0 Å². The summed E-state index contributed by atoms with van der Waals surface area (Å²) < 4.78 is 5.37. The van der Waals surface area contributed by atoms with E-state index in [0.29, 0.717) is 6.42 Å². The Hall–Kier alpha value is -2.29. The van der Waals surface area contributed by atoms with Gasteiger partial charge in [0, 0.05) is 0 Å². The highest BCUT2D eigenvalue weighted by Crippen LogP contribution is 2.31. The van der Waals surface area contributed by atoms with Gasteiger partial charge in [-0.05, 0) is 67.2 Å². The van der Waals surface area contributed by atoms with E-state index in [1.165, 1.54) is 16.7 Å². The zero-order valence-electron chi connectivity index (χ0n) is 17.3. The van der Waals surface area contributed by atoms with Crippen LogP contribution >= 0.6 is 0 Å². The van der Waals surface area contributed by atoms with Gasteiger partial charge in [0.1, 0.15) is 6.10 Å². The largest absolute Gasteiger partial charge is 0.506 e. The van der Waals surface area contributed by atoms with E-state index < -0.39 is 12.3 Å². The van der Waals surface area contributed by atoms with Crippen LogP contribution in [0.25, 0.3) is 0 Å². The minimum absolute atomic E-state index is 0.394. The van der Waals surface area contributed by atoms with E-state index in [2.05, 4.69) is 44.2 Å². The van der Waals surface area contributed by atoms with E-state index in [1.807, 2.05) is 18.2 Å². The summed E-state index contributed by atoms with van der Waals surface area (Å²) in [5.74, 6) is 0. The molecule has 28 heavy (non-hydrogen) atoms. The van der Waals surface area contributed by atoms with Crippen molar-refractivity contribution in [2.24, 2.45) is 0 Å². The Morgan fingerprint density at radius 1 is 0.893 bits per heavy atom. The van der Waals surface area contributed by atoms with Crippen LogP contribution in [0.3, 0.4) is 0 Å². The molecule has 2 aromatic rings. The lowest BCUT2D eigenvalue weighted by molar-refractivity contribution is 0.0463. The molecule has 0 aliphatic carbocycles. The Balaban J connectivity index is 2.21. The van der Waals surface area contributed by atoms with Gasteiger partial charge in [0.05, 0.1) is 0 Å². The van der Waals surface area contributed by atoms with Crippen molar-refractivity contribution in [2.75, 3.05) is 0 Å². The Morgan fingerprint density at radius 3 is 2.29 bits per heavy atom. The Morgan fingerprint density at radius 2 is 1.61 bits per heavy atom. The molecule has 1 atom stereocenters. The van der Waals surface area contributed by atoms with Crippen molar-refractivity contribution in [1.29, 1.82) is 0 Å². The molecule has 0 amide bonds. The predicted octanol–water partition coefficient (Wildman–Crippen LogP) is 7.13. The minimum Gasteiger partial charge on any atom is -0.450 e. The molecule has 1 unspecified atom stereocenters. The number of ether oxygens (including phenoxy) is 1. The average Bonchev–Trinajstić information content (AvgIpc) is 2.70. The van der Waals surface area contributed by atoms with E-state index in [9.17, 15) is 9.90 Å². The van der Waals surface area contributed by atoms with Crippen molar-refractivity contribution >= 4 is 6.16 Å². The van der Waals surface area contributed by atoms with Crippen LogP contribution in [0.4, 0.5) is 4.79 Å². The number of aryl methyl sites for hydroxylation is 2. The van der Waals surface area contributed by atoms with Gasteiger partial charge in [-0.3, -0.25) is 0 Å². The van der Waals surface area contributed by atoms with E-state index >= 15 is 0 Å². The molecule has 0 aliphatic heterocycles. The molecule has 0 spiro atoms. The maximum atomic E-state index is 11.4. The smallest absolute Gasteiger partial charge is 0.450 e. The lowest BCUT2D eigenvalue weighted by Gasteiger charge is -2.22. The van der Waals surface area contributed by atoms with Crippen molar-refractivity contribution < 1.29 is 14.6 Å². The minimum atomic E-state index is -1.19. The van der Waals surface area contributed by atoms with Crippen molar-refractivity contribution in [3.8, 4) is 0 Å². The van der Waals surface area contributed by atoms with Gasteiger partial charge in [-0.2, -0.15) is 0 Å². The number of hydrogen-bond donors (Lipinski definition) is 1. The van der Waals surface area contributed by atoms with Crippen LogP contribution in [0.2, 0.25) is 0 Å². The van der Waals surface area contributed by atoms with Gasteiger partial charge in [-0.1, -0.05) is 75.2 Å². The normalized spacial score (nSPS) is 11.9. The molecule has 0 saturated heterocycles. The number of hydrogen-bond acceptors (Lipinski definition) is 2. The molecule has 2 rings (SSSR count). The highest BCUT2D eigenvalue weighted by molar-refractivity contribution is 5.57. The standard InChI is InChI=1S/C25H34O3/c1-3-5-15-21-16-11-18-23(22(21)17-6-4-2)24(28-25(26)27)19-10-14-20-12-8-7-9-13-20/h7-9,11-13,16,18,24H,3-6,10,14-15,17,19H2,1-2H3,(H,26,27). The first-order valence-corrected chi connectivity index (χ1v) is 10.7. The van der Waals surface area contributed by atoms with E-state index in [0.717, 1.165) is 56.9 Å². The van der Waals surface area contributed by atoms with Crippen LogP contribution in [0, 0.1) is 0 Å². The Kier molecular flexibility index (Phi) is 9.61. The number of carbonyl (C=O) groups is 1. The van der Waals surface area contributed by atoms with Crippen molar-refractivity contribution in [3.63, 3.8) is 0 Å². The molecule has 0 fully saturated rings. The maximum absolute atomic E-state index is 11.4. The number of unbranched alkanes of at least 4 members (excludes halogenated alkanes) is 2. The molecular weight excluding hydrogens is 348 g/mol. The molecule has 1 N–H and O–H groups in total. The summed E-state index contributed by atoms with van der Waals surface area (Å²) in [6, 6.07) is 16.7. The lowest BCUT2D eigenvalue weighted by Crippen LogP contribution is -2.13. The fourth-order valence-electron chi connectivity index (χ4n) is 3.75. The van der Waals surface area contributed by atoms with Gasteiger partial charge in [-0.25, -0.2) is 4.79 Å². The topological polar surface area (TPSA) is 46.5 Å². The van der Waals surface area contributed by atoms with E-state index in [1.54, 1.807) is 0 Å². The molecule has 3 nitrogen and oxygen atoms in total. The number of carboxylic acid groups (broad SMARTS) is 1. The second-order valence-electron chi connectivity index (χ2n) is 7.44. The van der Waals surface area contributed by atoms with E-state index in [-0.39, 0.29) is 0 Å². The first-order chi connectivity index (χ1) is 13.7. The van der Waals surface area contributed by atoms with Gasteiger partial charge in [0.25, 0.3) is 0 Å². The fourth-order valence-corrected chi connectivity index (χ4v) is 3.75. The monoisotopic (exact) mass is 382 g/mol. The molecule has 3 heteroatoms. The Labute approximate surface area is 169 Å². The summed E-state index contributed by atoms with van der Waals surface area (Å²) >= 11 is 0. The Bertz CT molecular complexity index is 709. The maximum Gasteiger partial charge on any atom is 0.506 e. The zero-order chi connectivity index (χ0) is 20.2. The highest BCUT2D eigenvalue weighted by Gasteiger charge is 2.21. The van der Waals surface area contributed by atoms with Crippen molar-refractivity contribution in [3.05, 3.63) is 70.8 Å². The van der Waals surface area contributed by atoms with Gasteiger partial charge in [-0.15, -0.1) is 0 Å². The van der Waals surface area contributed by atoms with Crippen LogP contribution in [0.5, 0.6) is 0 Å². The van der Waals surface area contributed by atoms with Gasteiger partial charge >= 0.3 is 6.16 Å². The third-order valence-corrected chi connectivity index (χ3v) is 5.25. The highest BCUT2D eigenvalue weighted by atomic mass is 16.7. The summed E-state index contributed by atoms with van der Waals surface area (Å²) in [6.07, 6.45) is 7.54. The molecule has 0 heterocycles. The summed E-state index contributed by atoms with van der Waals surface area (Å²) in [5, 5.41) is 9.32. The zero-order valence-corrected chi connectivity index (χ0v) is 17.3. The fraction of sp³-hybridized carbons (Fsp3) is 0.480. The number of rotatable bonds is 12. The molecule has 0 aliphatic rings. The van der Waals surface area contributed by atoms with Gasteiger partial charge < -0.3 is 9.84 Å². The van der Waals surface area contributed by atoms with E-state index in [4.69, 9.17) is 4.74 Å². The molecular formula is C25H34O3. The van der Waals surface area contributed by atoms with Crippen molar-refractivity contribution in [1.82, 2.24) is 0 Å². The SMILES string of the molecule is CCCCc1cccc(C(CCCc2ccccc2)OC(=O)O)c1CCCC. The van der Waals surface area contributed by atoms with Gasteiger partial charge in [0.2, 0.25) is 0 Å². The van der Waals surface area contributed by atoms with Crippen LogP contribution in [0.15, 0.2) is 48.5 Å². The number of benzene rings is 2. The van der Waals surface area contributed by atoms with Crippen LogP contribution < -0.4 is 0 Å². The first kappa shape index (κ1) is 22.0. The van der Waals surface area contributed by atoms with Crippen molar-refractivity contribution in [2.45, 2.75) is 77.7 Å². The second-order valence-corrected chi connectivity index (χ2v) is 7.44. The molecule has 2 aromatic carbocycles. The summed E-state index contributed by atoms with van der Waals surface area (Å²) in [7, 11) is 0. The average molecular weight is 383 g/mol. The van der Waals surface area contributed by atoms with Crippen LogP contribution in [0.1, 0.15) is 80.7 Å². The third-order valence-electron chi connectivity index (χ3n) is 5.25. The molecule has 0 aromatic heterocycles. The lowest BCUT2D eigenvalue weighted by atomic mass is 9.89. The third kappa shape index (κ3) is 7.03. The second kappa shape index (κ2) is 12.2. The molecule has 0 radical (unpaired) electrons. The molecule has 0 saturated carbocycles. The van der Waals surface area contributed by atoms with Crippen LogP contribution in [-0.2, 0) is 24.0 Å². The summed E-state index contributed by atoms with van der Waals surface area (Å²) in [5.41, 5.74) is 5.01. The summed E-state index contributed by atoms with van der Waals surface area (Å²) in [6.45, 7) is 4.40. The predicted molar refractivity (Wildman–Crippen MR) is 115 cm³/mol. The first-order valence-electron chi connectivity index (χ1n) is 10.7. The quantitative estimate of drug-likeness (QED) is 0.397. The molecule has 152 valence electrons. The van der Waals surface area contributed by atoms with Crippen LogP contribution in [-0.4, -0.2) is 11.3 Å². The molecule has 0 bridgehead atoms.